The highest BCUT2D eigenvalue weighted by Gasteiger charge is 2.11. The number of halogens is 1. The van der Waals surface area contributed by atoms with Crippen LogP contribution in [0.15, 0.2) is 53.5 Å². The van der Waals surface area contributed by atoms with Crippen LogP contribution in [0.2, 0.25) is 0 Å². The van der Waals surface area contributed by atoms with Crippen LogP contribution in [0.4, 0.5) is 5.69 Å². The summed E-state index contributed by atoms with van der Waals surface area (Å²) in [5.74, 6) is 0.560. The van der Waals surface area contributed by atoms with E-state index in [2.05, 4.69) is 16.4 Å². The Labute approximate surface area is 151 Å². The molecule has 2 rings (SSSR count). The van der Waals surface area contributed by atoms with E-state index in [0.29, 0.717) is 31.0 Å². The van der Waals surface area contributed by atoms with Gasteiger partial charge < -0.3 is 11.1 Å². The van der Waals surface area contributed by atoms with Gasteiger partial charge in [0.05, 0.1) is 17.3 Å². The van der Waals surface area contributed by atoms with Crippen molar-refractivity contribution in [3.63, 3.8) is 0 Å². The number of nitro groups is 1. The molecule has 0 fully saturated rings. The number of nitrogens with zero attached hydrogens (tertiary/aromatic N) is 2. The molecule has 0 aromatic heterocycles. The van der Waals surface area contributed by atoms with Gasteiger partial charge in [0.2, 0.25) is 0 Å². The second-order valence-corrected chi connectivity index (χ2v) is 5.27. The van der Waals surface area contributed by atoms with E-state index < -0.39 is 0 Å². The number of benzene rings is 2. The molecule has 24 heavy (non-hydrogen) atoms. The van der Waals surface area contributed by atoms with E-state index in [4.69, 9.17) is 5.73 Å². The van der Waals surface area contributed by atoms with Gasteiger partial charge in [0.1, 0.15) is 0 Å². The van der Waals surface area contributed by atoms with Crippen molar-refractivity contribution in [3.8, 4) is 0 Å². The Morgan fingerprint density at radius 2 is 1.88 bits per heavy atom. The molecule has 0 unspecified atom stereocenters. The van der Waals surface area contributed by atoms with E-state index >= 15 is 0 Å². The van der Waals surface area contributed by atoms with Crippen LogP contribution in [-0.4, -0.2) is 10.8 Å². The maximum Gasteiger partial charge on any atom is 0.273 e. The largest absolute Gasteiger partial charge is 0.388 e. The van der Waals surface area contributed by atoms with Crippen LogP contribution in [0.3, 0.4) is 0 Å². The van der Waals surface area contributed by atoms with Crippen LogP contribution in [0.1, 0.15) is 23.6 Å². The Balaban J connectivity index is 0.00000288. The van der Waals surface area contributed by atoms with Gasteiger partial charge in [0, 0.05) is 24.7 Å². The highest BCUT2D eigenvalue weighted by molar-refractivity contribution is 8.93. The minimum absolute atomic E-state index is 0. The normalized spacial score (nSPS) is 11.0. The van der Waals surface area contributed by atoms with Crippen molar-refractivity contribution in [2.24, 2.45) is 10.7 Å². The fourth-order valence-electron chi connectivity index (χ4n) is 2.23. The standard InChI is InChI=1S/C17H20N4O2.BrH/c1-13(18)20-11-15-6-4-5-14(9-15)10-19-12-16-7-2-3-8-17(16)21(22)23;/h2-9,19H,10-12H2,1H3,(H2,18,20);1H. The first-order chi connectivity index (χ1) is 11.1. The Morgan fingerprint density at radius 3 is 2.58 bits per heavy atom. The smallest absolute Gasteiger partial charge is 0.273 e. The van der Waals surface area contributed by atoms with E-state index in [1.807, 2.05) is 18.2 Å². The molecule has 0 spiro atoms. The first-order valence-electron chi connectivity index (χ1n) is 7.33. The summed E-state index contributed by atoms with van der Waals surface area (Å²) in [6, 6.07) is 14.8. The van der Waals surface area contributed by atoms with Crippen LogP contribution >= 0.6 is 17.0 Å². The molecule has 2 aromatic carbocycles. The van der Waals surface area contributed by atoms with Gasteiger partial charge in [-0.25, -0.2) is 0 Å². The lowest BCUT2D eigenvalue weighted by atomic mass is 10.1. The van der Waals surface area contributed by atoms with Crippen molar-refractivity contribution < 1.29 is 4.92 Å². The number of amidine groups is 1. The summed E-state index contributed by atoms with van der Waals surface area (Å²) in [4.78, 5) is 14.8. The van der Waals surface area contributed by atoms with E-state index in [1.54, 1.807) is 25.1 Å². The SMILES string of the molecule is Br.CC(N)=NCc1cccc(CNCc2ccccc2[N+](=O)[O-])c1. The maximum atomic E-state index is 11.0. The monoisotopic (exact) mass is 392 g/mol. The zero-order chi connectivity index (χ0) is 16.7. The van der Waals surface area contributed by atoms with Crippen LogP contribution in [-0.2, 0) is 19.6 Å². The molecule has 0 aliphatic carbocycles. The second kappa shape index (κ2) is 9.79. The molecule has 2 aromatic rings. The average Bonchev–Trinajstić information content (AvgIpc) is 2.53. The topological polar surface area (TPSA) is 93.5 Å². The zero-order valence-corrected chi connectivity index (χ0v) is 15.1. The Hall–Kier alpha value is -2.25. The summed E-state index contributed by atoms with van der Waals surface area (Å²) in [6.45, 7) is 3.39. The number of hydrogen-bond donors (Lipinski definition) is 2. The summed E-state index contributed by atoms with van der Waals surface area (Å²) in [5, 5.41) is 14.2. The molecule has 0 bridgehead atoms. The van der Waals surface area contributed by atoms with Crippen molar-refractivity contribution >= 4 is 28.5 Å². The van der Waals surface area contributed by atoms with Gasteiger partial charge in [-0.3, -0.25) is 15.1 Å². The lowest BCUT2D eigenvalue weighted by Crippen LogP contribution is -2.14. The van der Waals surface area contributed by atoms with Crippen molar-refractivity contribution in [1.29, 1.82) is 0 Å². The number of hydrogen-bond acceptors (Lipinski definition) is 4. The summed E-state index contributed by atoms with van der Waals surface area (Å²) < 4.78 is 0. The molecule has 0 aliphatic heterocycles. The van der Waals surface area contributed by atoms with Gasteiger partial charge in [-0.2, -0.15) is 0 Å². The Bertz CT molecular complexity index is 715. The van der Waals surface area contributed by atoms with Crippen molar-refractivity contribution in [2.45, 2.75) is 26.6 Å². The van der Waals surface area contributed by atoms with Crippen molar-refractivity contribution in [3.05, 3.63) is 75.3 Å². The van der Waals surface area contributed by atoms with Crippen LogP contribution in [0.25, 0.3) is 0 Å². The first-order valence-corrected chi connectivity index (χ1v) is 7.33. The number of nitrogens with one attached hydrogen (secondary N) is 1. The van der Waals surface area contributed by atoms with Crippen LogP contribution in [0, 0.1) is 10.1 Å². The Kier molecular flexibility index (Phi) is 8.08. The third-order valence-corrected chi connectivity index (χ3v) is 3.34. The maximum absolute atomic E-state index is 11.0. The highest BCUT2D eigenvalue weighted by Crippen LogP contribution is 2.17. The molecular formula is C17H21BrN4O2. The van der Waals surface area contributed by atoms with Gasteiger partial charge in [-0.15, -0.1) is 17.0 Å². The third kappa shape index (κ3) is 6.10. The number of para-hydroxylation sites is 1. The third-order valence-electron chi connectivity index (χ3n) is 3.34. The molecule has 128 valence electrons. The highest BCUT2D eigenvalue weighted by atomic mass is 79.9. The molecule has 3 N–H and O–H groups in total. The van der Waals surface area contributed by atoms with E-state index in [-0.39, 0.29) is 27.6 Å². The van der Waals surface area contributed by atoms with Gasteiger partial charge in [-0.05, 0) is 18.1 Å². The predicted octanol–water partition coefficient (Wildman–Crippen LogP) is 3.34. The van der Waals surface area contributed by atoms with Crippen LogP contribution < -0.4 is 11.1 Å². The predicted molar refractivity (Wildman–Crippen MR) is 101 cm³/mol. The molecule has 0 saturated carbocycles. The number of aliphatic imine (C=N–C) groups is 1. The quantitative estimate of drug-likeness (QED) is 0.327. The molecule has 7 heteroatoms. The van der Waals surface area contributed by atoms with Crippen LogP contribution in [0.5, 0.6) is 0 Å². The molecule has 0 heterocycles. The molecule has 0 amide bonds. The molecule has 0 aliphatic rings. The first kappa shape index (κ1) is 19.8. The van der Waals surface area contributed by atoms with Gasteiger partial charge >= 0.3 is 0 Å². The molecule has 0 saturated heterocycles. The van der Waals surface area contributed by atoms with Gasteiger partial charge in [0.15, 0.2) is 0 Å². The van der Waals surface area contributed by atoms with E-state index in [0.717, 1.165) is 11.1 Å². The number of rotatable bonds is 7. The Morgan fingerprint density at radius 1 is 1.17 bits per heavy atom. The summed E-state index contributed by atoms with van der Waals surface area (Å²) >= 11 is 0. The average molecular weight is 393 g/mol. The minimum atomic E-state index is -0.356. The fourth-order valence-corrected chi connectivity index (χ4v) is 2.23. The number of nitrogens with two attached hydrogens (primary N) is 1. The van der Waals surface area contributed by atoms with Crippen molar-refractivity contribution in [2.75, 3.05) is 0 Å². The van der Waals surface area contributed by atoms with Gasteiger partial charge in [-0.1, -0.05) is 42.5 Å². The molecular weight excluding hydrogens is 372 g/mol. The van der Waals surface area contributed by atoms with E-state index in [9.17, 15) is 10.1 Å². The summed E-state index contributed by atoms with van der Waals surface area (Å²) in [7, 11) is 0. The zero-order valence-electron chi connectivity index (χ0n) is 13.4. The van der Waals surface area contributed by atoms with Crippen molar-refractivity contribution in [1.82, 2.24) is 5.32 Å². The lowest BCUT2D eigenvalue weighted by molar-refractivity contribution is -0.385. The fraction of sp³-hybridized carbons (Fsp3) is 0.235. The van der Waals surface area contributed by atoms with E-state index in [1.165, 1.54) is 6.07 Å². The molecule has 0 radical (unpaired) electrons. The summed E-state index contributed by atoms with van der Waals surface area (Å²) in [6.07, 6.45) is 0. The van der Waals surface area contributed by atoms with Gasteiger partial charge in [0.25, 0.3) is 5.69 Å². The second-order valence-electron chi connectivity index (χ2n) is 5.27. The lowest BCUT2D eigenvalue weighted by Gasteiger charge is -2.07. The number of nitro benzene ring substituents is 1. The molecule has 6 nitrogen and oxygen atoms in total. The summed E-state index contributed by atoms with van der Waals surface area (Å²) in [5.41, 5.74) is 8.55. The molecule has 0 atom stereocenters. The minimum Gasteiger partial charge on any atom is -0.388 e.